The first-order valence-corrected chi connectivity index (χ1v) is 9.65. The molecule has 1 amide bonds. The summed E-state index contributed by atoms with van der Waals surface area (Å²) in [5.41, 5.74) is 4.62. The second-order valence-corrected chi connectivity index (χ2v) is 7.44. The summed E-state index contributed by atoms with van der Waals surface area (Å²) < 4.78 is 5.97. The number of hydrogen-bond donors (Lipinski definition) is 1. The Kier molecular flexibility index (Phi) is 4.66. The molecule has 4 nitrogen and oxygen atoms in total. The molecule has 6 heteroatoms. The number of carbonyl (C=O) groups is 1. The van der Waals surface area contributed by atoms with Crippen LogP contribution in [0.2, 0.25) is 5.02 Å². The van der Waals surface area contributed by atoms with E-state index in [-0.39, 0.29) is 12.0 Å². The number of nitrogens with one attached hydrogen (secondary N) is 1. The van der Waals surface area contributed by atoms with Crippen LogP contribution in [0.25, 0.3) is 11.1 Å². The predicted molar refractivity (Wildman–Crippen MR) is 104 cm³/mol. The maximum Gasteiger partial charge on any atom is 0.253 e. The third-order valence-corrected chi connectivity index (χ3v) is 5.41. The topological polar surface area (TPSA) is 51.2 Å². The van der Waals surface area contributed by atoms with E-state index in [1.54, 1.807) is 29.7 Å². The number of amides is 1. The molecule has 0 spiro atoms. The van der Waals surface area contributed by atoms with Crippen molar-refractivity contribution in [1.82, 2.24) is 10.3 Å². The van der Waals surface area contributed by atoms with Gasteiger partial charge in [0.1, 0.15) is 11.9 Å². The number of fused-ring (bicyclic) bond motifs is 1. The summed E-state index contributed by atoms with van der Waals surface area (Å²) in [5, 5.41) is 7.69. The summed E-state index contributed by atoms with van der Waals surface area (Å²) in [5.74, 6) is 0.586. The number of hydrogen-bond acceptors (Lipinski definition) is 4. The molecule has 132 valence electrons. The number of aromatic nitrogens is 1. The molecular formula is C20H17ClN2O2S. The van der Waals surface area contributed by atoms with Crippen molar-refractivity contribution in [3.05, 3.63) is 69.1 Å². The van der Waals surface area contributed by atoms with E-state index in [4.69, 9.17) is 16.3 Å². The van der Waals surface area contributed by atoms with Gasteiger partial charge in [-0.15, -0.1) is 0 Å². The van der Waals surface area contributed by atoms with Crippen LogP contribution >= 0.6 is 22.9 Å². The van der Waals surface area contributed by atoms with Gasteiger partial charge in [0.25, 0.3) is 5.91 Å². The Morgan fingerprint density at radius 1 is 1.38 bits per heavy atom. The zero-order chi connectivity index (χ0) is 18.1. The third-order valence-electron chi connectivity index (χ3n) is 4.45. The van der Waals surface area contributed by atoms with Gasteiger partial charge in [-0.3, -0.25) is 9.78 Å². The third kappa shape index (κ3) is 3.32. The summed E-state index contributed by atoms with van der Waals surface area (Å²) in [7, 11) is 0. The zero-order valence-electron chi connectivity index (χ0n) is 14.2. The smallest absolute Gasteiger partial charge is 0.253 e. The molecule has 0 fully saturated rings. The number of rotatable bonds is 4. The van der Waals surface area contributed by atoms with E-state index in [2.05, 4.69) is 27.8 Å². The number of nitrogens with zero attached hydrogens (tertiary/aromatic N) is 1. The lowest BCUT2D eigenvalue weighted by Gasteiger charge is -2.13. The normalized spacial score (nSPS) is 15.4. The van der Waals surface area contributed by atoms with Crippen LogP contribution in [0.1, 0.15) is 21.6 Å². The Hall–Kier alpha value is -2.37. The minimum Gasteiger partial charge on any atom is -0.486 e. The molecule has 1 aromatic carbocycles. The first kappa shape index (κ1) is 17.1. The largest absolute Gasteiger partial charge is 0.486 e. The molecule has 26 heavy (non-hydrogen) atoms. The molecule has 4 rings (SSSR count). The fourth-order valence-corrected chi connectivity index (χ4v) is 4.07. The lowest BCUT2D eigenvalue weighted by Crippen LogP contribution is -2.34. The van der Waals surface area contributed by atoms with Gasteiger partial charge in [0.2, 0.25) is 0 Å². The lowest BCUT2D eigenvalue weighted by molar-refractivity contribution is 0.0932. The van der Waals surface area contributed by atoms with Crippen molar-refractivity contribution in [3.63, 3.8) is 0 Å². The summed E-state index contributed by atoms with van der Waals surface area (Å²) in [6.45, 7) is 2.24. The summed E-state index contributed by atoms with van der Waals surface area (Å²) in [6, 6.07) is 9.66. The van der Waals surface area contributed by atoms with Gasteiger partial charge in [-0.25, -0.2) is 0 Å². The molecule has 3 heterocycles. The highest BCUT2D eigenvalue weighted by molar-refractivity contribution is 7.08. The molecule has 3 aromatic rings. The van der Waals surface area contributed by atoms with Crippen LogP contribution in [0.4, 0.5) is 0 Å². The molecule has 0 aliphatic carbocycles. The standard InChI is InChI=1S/C20H17ClN2O2S/c1-12-17(3-2-5-22-12)20(24)23-10-16-8-15-7-14(13-4-6-26-11-13)9-18(21)19(15)25-16/h2-7,9,11,16H,8,10H2,1H3,(H,23,24)/t16-/m1/s1. The minimum atomic E-state index is -0.139. The van der Waals surface area contributed by atoms with Gasteiger partial charge in [0, 0.05) is 23.9 Å². The van der Waals surface area contributed by atoms with Crippen LogP contribution < -0.4 is 10.1 Å². The molecule has 1 aliphatic heterocycles. The number of thiophene rings is 1. The average Bonchev–Trinajstić information content (AvgIpc) is 3.29. The number of carbonyl (C=O) groups excluding carboxylic acids is 1. The first-order chi connectivity index (χ1) is 12.6. The van der Waals surface area contributed by atoms with E-state index in [1.165, 1.54) is 0 Å². The Bertz CT molecular complexity index is 956. The summed E-state index contributed by atoms with van der Waals surface area (Å²) >= 11 is 8.08. The number of halogens is 1. The van der Waals surface area contributed by atoms with Crippen molar-refractivity contribution in [3.8, 4) is 16.9 Å². The van der Waals surface area contributed by atoms with E-state index < -0.39 is 0 Å². The number of ether oxygens (including phenoxy) is 1. The molecule has 0 radical (unpaired) electrons. The van der Waals surface area contributed by atoms with E-state index in [1.807, 2.05) is 18.4 Å². The maximum atomic E-state index is 12.3. The molecule has 0 saturated heterocycles. The minimum absolute atomic E-state index is 0.124. The molecule has 0 saturated carbocycles. The molecule has 1 atom stereocenters. The Morgan fingerprint density at radius 2 is 2.27 bits per heavy atom. The van der Waals surface area contributed by atoms with Crippen molar-refractivity contribution in [1.29, 1.82) is 0 Å². The molecule has 0 bridgehead atoms. The van der Waals surface area contributed by atoms with E-state index >= 15 is 0 Å². The SMILES string of the molecule is Cc1ncccc1C(=O)NC[C@H]1Cc2cc(-c3ccsc3)cc(Cl)c2O1. The molecule has 1 N–H and O–H groups in total. The highest BCUT2D eigenvalue weighted by Crippen LogP contribution is 2.39. The van der Waals surface area contributed by atoms with E-state index in [0.717, 1.165) is 28.9 Å². The van der Waals surface area contributed by atoms with Crippen molar-refractivity contribution in [2.75, 3.05) is 6.54 Å². The van der Waals surface area contributed by atoms with Gasteiger partial charge < -0.3 is 10.1 Å². The molecule has 1 aliphatic rings. The Balaban J connectivity index is 1.45. The first-order valence-electron chi connectivity index (χ1n) is 8.33. The number of benzene rings is 1. The predicted octanol–water partition coefficient (Wildman–Crippen LogP) is 4.51. The average molecular weight is 385 g/mol. The van der Waals surface area contributed by atoms with Gasteiger partial charge >= 0.3 is 0 Å². The Labute approximate surface area is 160 Å². The van der Waals surface area contributed by atoms with Gasteiger partial charge in [0.05, 0.1) is 17.1 Å². The molecule has 0 unspecified atom stereocenters. The fraction of sp³-hybridized carbons (Fsp3) is 0.200. The van der Waals surface area contributed by atoms with Crippen molar-refractivity contribution >= 4 is 28.8 Å². The zero-order valence-corrected chi connectivity index (χ0v) is 15.7. The highest BCUT2D eigenvalue weighted by atomic mass is 35.5. The monoisotopic (exact) mass is 384 g/mol. The van der Waals surface area contributed by atoms with Crippen LogP contribution in [0, 0.1) is 6.92 Å². The van der Waals surface area contributed by atoms with E-state index in [9.17, 15) is 4.79 Å². The lowest BCUT2D eigenvalue weighted by atomic mass is 10.0. The second-order valence-electron chi connectivity index (χ2n) is 6.25. The van der Waals surface area contributed by atoms with Crippen LogP contribution in [0.3, 0.4) is 0 Å². The highest BCUT2D eigenvalue weighted by Gasteiger charge is 2.26. The van der Waals surface area contributed by atoms with Crippen LogP contribution in [0.15, 0.2) is 47.3 Å². The van der Waals surface area contributed by atoms with Crippen molar-refractivity contribution in [2.45, 2.75) is 19.4 Å². The van der Waals surface area contributed by atoms with Gasteiger partial charge in [0.15, 0.2) is 0 Å². The fourth-order valence-electron chi connectivity index (χ4n) is 3.12. The number of aryl methyl sites for hydroxylation is 1. The quantitative estimate of drug-likeness (QED) is 0.720. The molecule has 2 aromatic heterocycles. The van der Waals surface area contributed by atoms with Gasteiger partial charge in [-0.2, -0.15) is 11.3 Å². The van der Waals surface area contributed by atoms with E-state index in [0.29, 0.717) is 22.8 Å². The maximum absolute atomic E-state index is 12.3. The van der Waals surface area contributed by atoms with Crippen LogP contribution in [0.5, 0.6) is 5.75 Å². The second kappa shape index (κ2) is 7.09. The summed E-state index contributed by atoms with van der Waals surface area (Å²) in [4.78, 5) is 16.5. The molecular weight excluding hydrogens is 368 g/mol. The van der Waals surface area contributed by atoms with Crippen molar-refractivity contribution in [2.24, 2.45) is 0 Å². The Morgan fingerprint density at radius 3 is 3.04 bits per heavy atom. The number of pyridine rings is 1. The van der Waals surface area contributed by atoms with Gasteiger partial charge in [-0.05, 0) is 59.1 Å². The van der Waals surface area contributed by atoms with Crippen LogP contribution in [-0.2, 0) is 6.42 Å². The van der Waals surface area contributed by atoms with Gasteiger partial charge in [-0.1, -0.05) is 11.6 Å². The summed E-state index contributed by atoms with van der Waals surface area (Å²) in [6.07, 6.45) is 2.27. The van der Waals surface area contributed by atoms with Crippen molar-refractivity contribution < 1.29 is 9.53 Å². The van der Waals surface area contributed by atoms with Crippen LogP contribution in [-0.4, -0.2) is 23.5 Å².